The number of hydrogen-bond donors (Lipinski definition) is 0. The number of imide groups is 1. The van der Waals surface area contributed by atoms with Crippen molar-refractivity contribution in [3.63, 3.8) is 0 Å². The van der Waals surface area contributed by atoms with E-state index < -0.39 is 0 Å². The molecule has 1 aliphatic rings. The minimum absolute atomic E-state index is 0.224. The average molecular weight is 345 g/mol. The van der Waals surface area contributed by atoms with Gasteiger partial charge in [0.05, 0.1) is 0 Å². The number of benzene rings is 3. The maximum absolute atomic E-state index is 12.9. The summed E-state index contributed by atoms with van der Waals surface area (Å²) < 4.78 is 6.00. The number of carbonyl (C=O) groups is 2. The molecule has 0 spiro atoms. The van der Waals surface area contributed by atoms with Gasteiger partial charge in [-0.15, -0.1) is 0 Å². The van der Waals surface area contributed by atoms with Crippen LogP contribution in [0.5, 0.6) is 11.5 Å². The highest BCUT2D eigenvalue weighted by Gasteiger charge is 2.33. The number of rotatable bonds is 5. The molecule has 130 valence electrons. The van der Waals surface area contributed by atoms with Crippen molar-refractivity contribution < 1.29 is 14.3 Å². The molecule has 0 aromatic heterocycles. The van der Waals surface area contributed by atoms with Crippen LogP contribution in [0.2, 0.25) is 0 Å². The van der Waals surface area contributed by atoms with Crippen LogP contribution >= 0.6 is 0 Å². The maximum Gasteiger partial charge on any atom is 0.261 e. The molecule has 0 bridgehead atoms. The zero-order chi connectivity index (χ0) is 18.1. The van der Waals surface area contributed by atoms with Gasteiger partial charge in [0, 0.05) is 28.4 Å². The van der Waals surface area contributed by atoms with Crippen molar-refractivity contribution >= 4 is 22.6 Å². The van der Waals surface area contributed by atoms with Gasteiger partial charge < -0.3 is 4.74 Å². The average Bonchev–Trinajstić information content (AvgIpc) is 2.67. The monoisotopic (exact) mass is 345 g/mol. The SMILES string of the molecule is CCCCN1C(=O)c2cccc3c(Oc4ccccc4)ccc(c23)C1=O. The Morgan fingerprint density at radius 1 is 0.846 bits per heavy atom. The number of hydrogen-bond acceptors (Lipinski definition) is 3. The third-order valence-electron chi connectivity index (χ3n) is 4.66. The second kappa shape index (κ2) is 6.64. The molecule has 4 rings (SSSR count). The molecule has 0 saturated carbocycles. The number of ether oxygens (including phenoxy) is 1. The van der Waals surface area contributed by atoms with Crippen LogP contribution < -0.4 is 4.74 Å². The number of nitrogens with zero attached hydrogens (tertiary/aromatic N) is 1. The Balaban J connectivity index is 1.83. The fourth-order valence-electron chi connectivity index (χ4n) is 3.34. The van der Waals surface area contributed by atoms with Gasteiger partial charge in [-0.05, 0) is 36.8 Å². The molecule has 1 heterocycles. The minimum atomic E-state index is -0.224. The molecule has 3 aromatic carbocycles. The van der Waals surface area contributed by atoms with Crippen LogP contribution in [-0.4, -0.2) is 23.3 Å². The highest BCUT2D eigenvalue weighted by molar-refractivity contribution is 6.26. The van der Waals surface area contributed by atoms with E-state index in [2.05, 4.69) is 0 Å². The molecular formula is C22H19NO3. The lowest BCUT2D eigenvalue weighted by molar-refractivity contribution is 0.0608. The minimum Gasteiger partial charge on any atom is -0.457 e. The Morgan fingerprint density at radius 3 is 2.31 bits per heavy atom. The van der Waals surface area contributed by atoms with Crippen molar-refractivity contribution in [2.24, 2.45) is 0 Å². The Labute approximate surface area is 152 Å². The smallest absolute Gasteiger partial charge is 0.261 e. The second-order valence-corrected chi connectivity index (χ2v) is 6.37. The summed E-state index contributed by atoms with van der Waals surface area (Å²) in [6, 6.07) is 18.6. The standard InChI is InChI=1S/C22H19NO3/c1-2-3-14-23-21(24)17-11-7-10-16-19(26-15-8-5-4-6-9-15)13-12-18(20(16)17)22(23)25/h4-13H,2-3,14H2,1H3. The van der Waals surface area contributed by atoms with Crippen LogP contribution in [0.3, 0.4) is 0 Å². The van der Waals surface area contributed by atoms with E-state index in [1.165, 1.54) is 4.90 Å². The topological polar surface area (TPSA) is 46.6 Å². The molecule has 0 N–H and O–H groups in total. The van der Waals surface area contributed by atoms with Crippen molar-refractivity contribution in [2.45, 2.75) is 19.8 Å². The molecule has 26 heavy (non-hydrogen) atoms. The van der Waals surface area contributed by atoms with Gasteiger partial charge >= 0.3 is 0 Å². The van der Waals surface area contributed by atoms with E-state index in [-0.39, 0.29) is 11.8 Å². The third kappa shape index (κ3) is 2.64. The zero-order valence-corrected chi connectivity index (χ0v) is 14.6. The second-order valence-electron chi connectivity index (χ2n) is 6.37. The normalized spacial score (nSPS) is 13.3. The summed E-state index contributed by atoms with van der Waals surface area (Å²) in [5.74, 6) is 0.905. The summed E-state index contributed by atoms with van der Waals surface area (Å²) in [5, 5.41) is 1.46. The quantitative estimate of drug-likeness (QED) is 0.609. The number of para-hydroxylation sites is 1. The molecule has 0 fully saturated rings. The number of unbranched alkanes of at least 4 members (excludes halogenated alkanes) is 1. The van der Waals surface area contributed by atoms with Gasteiger partial charge in [-0.25, -0.2) is 0 Å². The summed E-state index contributed by atoms with van der Waals surface area (Å²) >= 11 is 0. The predicted octanol–water partition coefficient (Wildman–Crippen LogP) is 5.03. The first kappa shape index (κ1) is 16.3. The van der Waals surface area contributed by atoms with Gasteiger partial charge in [-0.3, -0.25) is 14.5 Å². The van der Waals surface area contributed by atoms with E-state index in [9.17, 15) is 9.59 Å². The van der Waals surface area contributed by atoms with Crippen molar-refractivity contribution in [1.29, 1.82) is 0 Å². The molecule has 0 saturated heterocycles. The third-order valence-corrected chi connectivity index (χ3v) is 4.66. The molecule has 0 aliphatic carbocycles. The summed E-state index contributed by atoms with van der Waals surface area (Å²) in [4.78, 5) is 27.1. The van der Waals surface area contributed by atoms with Crippen LogP contribution in [0, 0.1) is 0 Å². The van der Waals surface area contributed by atoms with Gasteiger partial charge in [-0.1, -0.05) is 43.7 Å². The van der Waals surface area contributed by atoms with E-state index in [4.69, 9.17) is 4.74 Å². The highest BCUT2D eigenvalue weighted by atomic mass is 16.5. The van der Waals surface area contributed by atoms with Crippen LogP contribution in [0.25, 0.3) is 10.8 Å². The first-order valence-electron chi connectivity index (χ1n) is 8.85. The van der Waals surface area contributed by atoms with E-state index >= 15 is 0 Å². The highest BCUT2D eigenvalue weighted by Crippen LogP contribution is 2.37. The zero-order valence-electron chi connectivity index (χ0n) is 14.6. The van der Waals surface area contributed by atoms with Crippen molar-refractivity contribution in [1.82, 2.24) is 4.90 Å². The Kier molecular flexibility index (Phi) is 4.17. The summed E-state index contributed by atoms with van der Waals surface area (Å²) in [6.45, 7) is 2.49. The molecule has 4 nitrogen and oxygen atoms in total. The van der Waals surface area contributed by atoms with Gasteiger partial charge in [0.15, 0.2) is 0 Å². The van der Waals surface area contributed by atoms with Crippen molar-refractivity contribution in [3.05, 3.63) is 71.8 Å². The number of carbonyl (C=O) groups excluding carboxylic acids is 2. The molecule has 4 heteroatoms. The molecule has 3 aromatic rings. The summed E-state index contributed by atoms with van der Waals surface area (Å²) in [7, 11) is 0. The summed E-state index contributed by atoms with van der Waals surface area (Å²) in [5.41, 5.74) is 1.12. The molecule has 0 radical (unpaired) electrons. The maximum atomic E-state index is 12.9. The van der Waals surface area contributed by atoms with Crippen LogP contribution in [0.4, 0.5) is 0 Å². The molecule has 0 atom stereocenters. The molecular weight excluding hydrogens is 326 g/mol. The molecule has 1 aliphatic heterocycles. The van der Waals surface area contributed by atoms with Gasteiger partial charge in [0.1, 0.15) is 11.5 Å². The lowest BCUT2D eigenvalue weighted by Crippen LogP contribution is -2.40. The van der Waals surface area contributed by atoms with Crippen LogP contribution in [-0.2, 0) is 0 Å². The van der Waals surface area contributed by atoms with E-state index in [1.807, 2.05) is 49.4 Å². The van der Waals surface area contributed by atoms with E-state index in [0.29, 0.717) is 34.6 Å². The Bertz CT molecular complexity index is 973. The fraction of sp³-hybridized carbons (Fsp3) is 0.182. The Morgan fingerprint density at radius 2 is 1.58 bits per heavy atom. The lowest BCUT2D eigenvalue weighted by Gasteiger charge is -2.27. The van der Waals surface area contributed by atoms with Gasteiger partial charge in [-0.2, -0.15) is 0 Å². The largest absolute Gasteiger partial charge is 0.457 e. The van der Waals surface area contributed by atoms with Gasteiger partial charge in [0.25, 0.3) is 11.8 Å². The van der Waals surface area contributed by atoms with E-state index in [0.717, 1.165) is 18.2 Å². The van der Waals surface area contributed by atoms with Crippen LogP contribution in [0.1, 0.15) is 40.5 Å². The lowest BCUT2D eigenvalue weighted by atomic mass is 9.93. The van der Waals surface area contributed by atoms with Crippen molar-refractivity contribution in [3.8, 4) is 11.5 Å². The van der Waals surface area contributed by atoms with Gasteiger partial charge in [0.2, 0.25) is 0 Å². The first-order valence-corrected chi connectivity index (χ1v) is 8.85. The van der Waals surface area contributed by atoms with Crippen LogP contribution in [0.15, 0.2) is 60.7 Å². The van der Waals surface area contributed by atoms with Crippen molar-refractivity contribution in [2.75, 3.05) is 6.54 Å². The Hall–Kier alpha value is -3.14. The molecule has 2 amide bonds. The fourth-order valence-corrected chi connectivity index (χ4v) is 3.34. The predicted molar refractivity (Wildman–Crippen MR) is 101 cm³/mol. The number of amides is 2. The summed E-state index contributed by atoms with van der Waals surface area (Å²) in [6.07, 6.45) is 1.73. The van der Waals surface area contributed by atoms with E-state index in [1.54, 1.807) is 18.2 Å². The first-order chi connectivity index (χ1) is 12.7. The molecule has 0 unspecified atom stereocenters.